The number of benzene rings is 1. The number of anilines is 1. The molecule has 1 aromatic carbocycles. The highest BCUT2D eigenvalue weighted by molar-refractivity contribution is 6.18. The largest absolute Gasteiger partial charge is 0.489 e. The van der Waals surface area contributed by atoms with Crippen LogP contribution < -0.4 is 15.2 Å². The standard InChI is InChI=1S/C31H40N4O5/c1-4-5-6-7-8-9-10-11-12-15-21-34-28(33-27-23(29(34)36)17-16-20-32-27)26-30(37)35(31(38)40-26)24-18-13-14-19-25(24)39-22(2)3/h13-14,16-20,22,26H,4-12,15,21H2,1-3H3. The smallest absolute Gasteiger partial charge is 0.422 e. The van der Waals surface area contributed by atoms with Gasteiger partial charge >= 0.3 is 6.09 Å². The Morgan fingerprint density at radius 2 is 1.57 bits per heavy atom. The number of fused-ring (bicyclic) bond motifs is 1. The first kappa shape index (κ1) is 29.2. The number of carbonyl (C=O) groups is 2. The van der Waals surface area contributed by atoms with Crippen molar-refractivity contribution in [1.82, 2.24) is 14.5 Å². The summed E-state index contributed by atoms with van der Waals surface area (Å²) in [5, 5.41) is 0.364. The van der Waals surface area contributed by atoms with Crippen LogP contribution in [0.2, 0.25) is 0 Å². The van der Waals surface area contributed by atoms with Crippen LogP contribution in [-0.4, -0.2) is 32.6 Å². The van der Waals surface area contributed by atoms with Crippen molar-refractivity contribution in [2.45, 2.75) is 104 Å². The Labute approximate surface area is 235 Å². The second-order valence-corrected chi connectivity index (χ2v) is 10.6. The summed E-state index contributed by atoms with van der Waals surface area (Å²) in [6.45, 7) is 6.32. The fourth-order valence-corrected chi connectivity index (χ4v) is 5.03. The van der Waals surface area contributed by atoms with E-state index >= 15 is 0 Å². The Bertz CT molecular complexity index is 1370. The highest BCUT2D eigenvalue weighted by Crippen LogP contribution is 2.36. The van der Waals surface area contributed by atoms with E-state index in [-0.39, 0.29) is 28.8 Å². The molecule has 0 saturated carbocycles. The van der Waals surface area contributed by atoms with Gasteiger partial charge in [-0.25, -0.2) is 19.7 Å². The van der Waals surface area contributed by atoms with E-state index in [4.69, 9.17) is 9.47 Å². The van der Waals surface area contributed by atoms with Crippen molar-refractivity contribution in [2.75, 3.05) is 4.90 Å². The molecule has 0 radical (unpaired) electrons. The van der Waals surface area contributed by atoms with Crippen LogP contribution in [0.5, 0.6) is 5.75 Å². The average Bonchev–Trinajstić information content (AvgIpc) is 3.23. The zero-order chi connectivity index (χ0) is 28.5. The molecule has 0 bridgehead atoms. The first-order chi connectivity index (χ1) is 19.4. The Morgan fingerprint density at radius 3 is 2.27 bits per heavy atom. The zero-order valence-corrected chi connectivity index (χ0v) is 23.8. The van der Waals surface area contributed by atoms with Gasteiger partial charge in [0.25, 0.3) is 11.5 Å². The minimum atomic E-state index is -1.36. The highest BCUT2D eigenvalue weighted by atomic mass is 16.6. The molecular formula is C31H40N4O5. The first-order valence-electron chi connectivity index (χ1n) is 14.6. The highest BCUT2D eigenvalue weighted by Gasteiger charge is 2.46. The number of amides is 2. The van der Waals surface area contributed by atoms with E-state index in [1.807, 2.05) is 13.8 Å². The van der Waals surface area contributed by atoms with Crippen molar-refractivity contribution in [3.05, 3.63) is 58.8 Å². The van der Waals surface area contributed by atoms with E-state index in [9.17, 15) is 14.4 Å². The number of nitrogens with zero attached hydrogens (tertiary/aromatic N) is 4. The molecule has 0 N–H and O–H groups in total. The normalized spacial score (nSPS) is 15.3. The van der Waals surface area contributed by atoms with Gasteiger partial charge in [-0.3, -0.25) is 14.2 Å². The molecule has 1 saturated heterocycles. The Morgan fingerprint density at radius 1 is 0.900 bits per heavy atom. The number of hydrogen-bond donors (Lipinski definition) is 0. The summed E-state index contributed by atoms with van der Waals surface area (Å²) < 4.78 is 12.9. The maximum Gasteiger partial charge on any atom is 0.422 e. The number of rotatable bonds is 15. The summed E-state index contributed by atoms with van der Waals surface area (Å²) in [7, 11) is 0. The van der Waals surface area contributed by atoms with E-state index in [0.29, 0.717) is 17.7 Å². The van der Waals surface area contributed by atoms with Crippen LogP contribution in [-0.2, 0) is 16.1 Å². The number of pyridine rings is 1. The molecule has 1 aliphatic heterocycles. The van der Waals surface area contributed by atoms with Crippen LogP contribution in [0, 0.1) is 0 Å². The van der Waals surface area contributed by atoms with E-state index in [2.05, 4.69) is 16.9 Å². The summed E-state index contributed by atoms with van der Waals surface area (Å²) in [6, 6.07) is 10.2. The van der Waals surface area contributed by atoms with Crippen molar-refractivity contribution < 1.29 is 19.1 Å². The molecule has 2 amide bonds. The summed E-state index contributed by atoms with van der Waals surface area (Å²) in [5.41, 5.74) is 0.207. The molecule has 1 unspecified atom stereocenters. The van der Waals surface area contributed by atoms with Gasteiger partial charge in [-0.1, -0.05) is 76.8 Å². The fourth-order valence-electron chi connectivity index (χ4n) is 5.03. The number of aromatic nitrogens is 3. The lowest BCUT2D eigenvalue weighted by molar-refractivity contribution is -0.122. The molecule has 214 valence electrons. The summed E-state index contributed by atoms with van der Waals surface area (Å²) >= 11 is 0. The molecule has 1 aliphatic rings. The van der Waals surface area contributed by atoms with Crippen LogP contribution >= 0.6 is 0 Å². The number of ether oxygens (including phenoxy) is 2. The van der Waals surface area contributed by atoms with Gasteiger partial charge < -0.3 is 9.47 Å². The van der Waals surface area contributed by atoms with Crippen LogP contribution in [0.15, 0.2) is 47.4 Å². The molecule has 9 nitrogen and oxygen atoms in total. The van der Waals surface area contributed by atoms with Crippen molar-refractivity contribution >= 4 is 28.7 Å². The summed E-state index contributed by atoms with van der Waals surface area (Å²) in [5.74, 6) is -0.140. The van der Waals surface area contributed by atoms with E-state index in [0.717, 1.165) is 24.2 Å². The van der Waals surface area contributed by atoms with Crippen LogP contribution in [0.1, 0.15) is 96.9 Å². The summed E-state index contributed by atoms with van der Waals surface area (Å²) in [4.78, 5) is 49.9. The number of carbonyl (C=O) groups excluding carboxylic acids is 2. The Balaban J connectivity index is 1.52. The lowest BCUT2D eigenvalue weighted by Crippen LogP contribution is -2.33. The van der Waals surface area contributed by atoms with E-state index in [1.54, 1.807) is 42.6 Å². The third-order valence-electron chi connectivity index (χ3n) is 7.04. The second kappa shape index (κ2) is 14.1. The van der Waals surface area contributed by atoms with Gasteiger partial charge in [0.15, 0.2) is 11.5 Å². The zero-order valence-electron chi connectivity index (χ0n) is 23.8. The number of cyclic esters (lactones) is 1. The predicted octanol–water partition coefficient (Wildman–Crippen LogP) is 6.72. The van der Waals surface area contributed by atoms with E-state index in [1.165, 1.54) is 49.5 Å². The van der Waals surface area contributed by atoms with Gasteiger partial charge in [-0.05, 0) is 44.5 Å². The van der Waals surface area contributed by atoms with Crippen LogP contribution in [0.4, 0.5) is 10.5 Å². The third kappa shape index (κ3) is 6.87. The molecule has 4 rings (SSSR count). The van der Waals surface area contributed by atoms with Crippen LogP contribution in [0.3, 0.4) is 0 Å². The molecule has 0 spiro atoms. The predicted molar refractivity (Wildman–Crippen MR) is 155 cm³/mol. The molecule has 3 heterocycles. The van der Waals surface area contributed by atoms with Crippen molar-refractivity contribution in [2.24, 2.45) is 0 Å². The maximum absolute atomic E-state index is 13.6. The number of imide groups is 1. The van der Waals surface area contributed by atoms with Gasteiger partial charge in [0.2, 0.25) is 6.10 Å². The lowest BCUT2D eigenvalue weighted by Gasteiger charge is -2.18. The van der Waals surface area contributed by atoms with Gasteiger partial charge in [0.1, 0.15) is 5.75 Å². The van der Waals surface area contributed by atoms with Crippen molar-refractivity contribution in [3.63, 3.8) is 0 Å². The number of para-hydroxylation sites is 2. The molecule has 0 aliphatic carbocycles. The fraction of sp³-hybridized carbons (Fsp3) is 0.516. The van der Waals surface area contributed by atoms with Gasteiger partial charge in [-0.15, -0.1) is 0 Å². The topological polar surface area (TPSA) is 104 Å². The molecule has 40 heavy (non-hydrogen) atoms. The molecule has 2 aromatic heterocycles. The Hall–Kier alpha value is -3.75. The van der Waals surface area contributed by atoms with Crippen molar-refractivity contribution in [1.29, 1.82) is 0 Å². The molecule has 3 aromatic rings. The Kier molecular flexibility index (Phi) is 10.3. The number of hydrogen-bond acceptors (Lipinski definition) is 7. The average molecular weight is 549 g/mol. The monoisotopic (exact) mass is 548 g/mol. The third-order valence-corrected chi connectivity index (χ3v) is 7.04. The van der Waals surface area contributed by atoms with Gasteiger partial charge in [-0.2, -0.15) is 0 Å². The lowest BCUT2D eigenvalue weighted by atomic mass is 10.1. The molecular weight excluding hydrogens is 508 g/mol. The van der Waals surface area contributed by atoms with Crippen LogP contribution in [0.25, 0.3) is 11.0 Å². The van der Waals surface area contributed by atoms with Gasteiger partial charge in [0.05, 0.1) is 17.2 Å². The first-order valence-corrected chi connectivity index (χ1v) is 14.6. The molecule has 9 heteroatoms. The number of unbranched alkanes of at least 4 members (excludes halogenated alkanes) is 9. The maximum atomic E-state index is 13.6. The van der Waals surface area contributed by atoms with E-state index < -0.39 is 18.1 Å². The van der Waals surface area contributed by atoms with Crippen molar-refractivity contribution in [3.8, 4) is 5.75 Å². The quantitative estimate of drug-likeness (QED) is 0.194. The molecule has 1 atom stereocenters. The van der Waals surface area contributed by atoms with Gasteiger partial charge in [0, 0.05) is 12.7 Å². The second-order valence-electron chi connectivity index (χ2n) is 10.6. The molecule has 1 fully saturated rings. The summed E-state index contributed by atoms with van der Waals surface area (Å²) in [6.07, 6.45) is 10.8. The SMILES string of the molecule is CCCCCCCCCCCCn1c(C2OC(=O)N(c3ccccc3OC(C)C)C2=O)nc2ncccc2c1=O. The minimum absolute atomic E-state index is 0.0928. The minimum Gasteiger partial charge on any atom is -0.489 e.